The van der Waals surface area contributed by atoms with Crippen molar-refractivity contribution in [2.75, 3.05) is 5.75 Å². The van der Waals surface area contributed by atoms with Gasteiger partial charge in [-0.25, -0.2) is 13.8 Å². The van der Waals surface area contributed by atoms with E-state index in [0.717, 1.165) is 29.5 Å². The molecule has 0 saturated carbocycles. The van der Waals surface area contributed by atoms with Crippen molar-refractivity contribution in [2.45, 2.75) is 11.9 Å². The Balaban J connectivity index is 1.61. The molecule has 1 fully saturated rings. The van der Waals surface area contributed by atoms with Crippen LogP contribution in [0, 0.1) is 11.6 Å². The Morgan fingerprint density at radius 3 is 2.81 bits per heavy atom. The van der Waals surface area contributed by atoms with E-state index in [4.69, 9.17) is 0 Å². The van der Waals surface area contributed by atoms with Crippen LogP contribution in [0.1, 0.15) is 16.6 Å². The molecule has 2 heterocycles. The molecule has 1 aliphatic heterocycles. The predicted molar refractivity (Wildman–Crippen MR) is 96.1 cm³/mol. The summed E-state index contributed by atoms with van der Waals surface area (Å²) in [6.07, 6.45) is 1.69. The molecule has 1 saturated heterocycles. The molecule has 26 heavy (non-hydrogen) atoms. The maximum Gasteiger partial charge on any atom is 0.234 e. The molecule has 0 bridgehead atoms. The number of carbonyl (C=O) groups is 1. The molecule has 1 aromatic heterocycles. The highest BCUT2D eigenvalue weighted by Gasteiger charge is 2.34. The maximum atomic E-state index is 14.0. The summed E-state index contributed by atoms with van der Waals surface area (Å²) in [5, 5.41) is -0.310. The zero-order chi connectivity index (χ0) is 18.1. The van der Waals surface area contributed by atoms with Crippen molar-refractivity contribution in [2.24, 2.45) is 0 Å². The number of rotatable bonds is 4. The molecule has 1 amide bonds. The first-order valence-corrected chi connectivity index (χ1v) is 9.12. The summed E-state index contributed by atoms with van der Waals surface area (Å²) in [5.41, 5.74) is 1.86. The highest BCUT2D eigenvalue weighted by atomic mass is 32.2. The summed E-state index contributed by atoms with van der Waals surface area (Å²) in [6.45, 7) is 0.0137. The van der Waals surface area contributed by atoms with Crippen molar-refractivity contribution >= 4 is 17.7 Å². The number of hydrogen-bond donors (Lipinski definition) is 1. The van der Waals surface area contributed by atoms with E-state index in [0.29, 0.717) is 11.6 Å². The van der Waals surface area contributed by atoms with Gasteiger partial charge in [-0.3, -0.25) is 4.79 Å². The minimum absolute atomic E-state index is 0.0137. The summed E-state index contributed by atoms with van der Waals surface area (Å²) in [4.78, 5) is 21.5. The molecular formula is C19H15F2N3OS. The fraction of sp³-hybridized carbons (Fsp3) is 0.158. The summed E-state index contributed by atoms with van der Waals surface area (Å²) in [7, 11) is 0. The molecule has 4 rings (SSSR count). The Bertz CT molecular complexity index is 945. The highest BCUT2D eigenvalue weighted by Crippen LogP contribution is 2.39. The van der Waals surface area contributed by atoms with E-state index in [-0.39, 0.29) is 23.4 Å². The van der Waals surface area contributed by atoms with Crippen molar-refractivity contribution in [3.8, 4) is 11.4 Å². The quantitative estimate of drug-likeness (QED) is 0.750. The molecule has 1 N–H and O–H groups in total. The van der Waals surface area contributed by atoms with Gasteiger partial charge in [-0.15, -0.1) is 11.8 Å². The predicted octanol–water partition coefficient (Wildman–Crippen LogP) is 4.13. The van der Waals surface area contributed by atoms with Crippen molar-refractivity contribution in [3.05, 3.63) is 77.6 Å². The van der Waals surface area contributed by atoms with Crippen LogP contribution in [0.4, 0.5) is 8.78 Å². The van der Waals surface area contributed by atoms with E-state index in [1.807, 2.05) is 30.3 Å². The van der Waals surface area contributed by atoms with Crippen LogP contribution in [0.5, 0.6) is 0 Å². The molecule has 2 aromatic carbocycles. The lowest BCUT2D eigenvalue weighted by Crippen LogP contribution is -2.28. The van der Waals surface area contributed by atoms with Crippen LogP contribution in [-0.2, 0) is 11.3 Å². The normalized spacial score (nSPS) is 17.1. The second-order valence-corrected chi connectivity index (χ2v) is 7.04. The Hall–Kier alpha value is -2.67. The third-order valence-corrected chi connectivity index (χ3v) is 5.46. The third kappa shape index (κ3) is 3.22. The molecule has 7 heteroatoms. The monoisotopic (exact) mass is 371 g/mol. The first-order valence-electron chi connectivity index (χ1n) is 8.07. The van der Waals surface area contributed by atoms with Gasteiger partial charge in [-0.2, -0.15) is 0 Å². The number of aromatic amines is 1. The average Bonchev–Trinajstić information content (AvgIpc) is 3.27. The van der Waals surface area contributed by atoms with Crippen LogP contribution in [0.2, 0.25) is 0 Å². The number of nitrogens with zero attached hydrogens (tertiary/aromatic N) is 2. The number of carbonyl (C=O) groups excluding carboxylic acids is 1. The van der Waals surface area contributed by atoms with Gasteiger partial charge in [0.25, 0.3) is 0 Å². The number of nitrogens with one attached hydrogen (secondary N) is 1. The first kappa shape index (κ1) is 16.8. The molecular weight excluding hydrogens is 356 g/mol. The van der Waals surface area contributed by atoms with E-state index in [1.54, 1.807) is 11.1 Å². The van der Waals surface area contributed by atoms with Gasteiger partial charge in [0.05, 0.1) is 24.2 Å². The van der Waals surface area contributed by atoms with E-state index in [2.05, 4.69) is 9.97 Å². The van der Waals surface area contributed by atoms with E-state index >= 15 is 0 Å². The zero-order valence-corrected chi connectivity index (χ0v) is 14.5. The van der Waals surface area contributed by atoms with Crippen molar-refractivity contribution in [1.82, 2.24) is 14.9 Å². The number of hydrogen-bond acceptors (Lipinski definition) is 3. The lowest BCUT2D eigenvalue weighted by Gasteiger charge is -2.23. The number of amides is 1. The lowest BCUT2D eigenvalue weighted by atomic mass is 10.2. The van der Waals surface area contributed by atoms with E-state index in [1.165, 1.54) is 11.8 Å². The minimum atomic E-state index is -0.524. The van der Waals surface area contributed by atoms with Gasteiger partial charge < -0.3 is 9.88 Å². The van der Waals surface area contributed by atoms with Crippen LogP contribution < -0.4 is 0 Å². The van der Waals surface area contributed by atoms with Gasteiger partial charge in [0.1, 0.15) is 22.8 Å². The second-order valence-electron chi connectivity index (χ2n) is 5.97. The maximum absolute atomic E-state index is 14.0. The number of thioether (sulfide) groups is 1. The Labute approximate surface area is 153 Å². The zero-order valence-electron chi connectivity index (χ0n) is 13.7. The molecule has 1 atom stereocenters. The molecule has 0 aliphatic carbocycles. The Morgan fingerprint density at radius 1 is 1.19 bits per heavy atom. The van der Waals surface area contributed by atoms with Gasteiger partial charge >= 0.3 is 0 Å². The van der Waals surface area contributed by atoms with Gasteiger partial charge in [-0.05, 0) is 18.2 Å². The minimum Gasteiger partial charge on any atom is -0.339 e. The second kappa shape index (κ2) is 6.92. The summed E-state index contributed by atoms with van der Waals surface area (Å²) in [5.74, 6) is -0.159. The Morgan fingerprint density at radius 2 is 2.00 bits per heavy atom. The number of imidazole rings is 1. The third-order valence-electron chi connectivity index (χ3n) is 4.23. The van der Waals surface area contributed by atoms with Gasteiger partial charge in [0.15, 0.2) is 0 Å². The first-order chi connectivity index (χ1) is 12.6. The van der Waals surface area contributed by atoms with Gasteiger partial charge in [0, 0.05) is 11.1 Å². The van der Waals surface area contributed by atoms with E-state index in [9.17, 15) is 13.6 Å². The van der Waals surface area contributed by atoms with Crippen LogP contribution in [-0.4, -0.2) is 26.5 Å². The number of benzene rings is 2. The number of aromatic nitrogens is 2. The average molecular weight is 371 g/mol. The standard InChI is InChI=1S/C19H15F2N3OS/c20-14-6-7-15(21)13(8-14)10-24-17(25)11-26-19(24)16-9-22-18(23-16)12-4-2-1-3-5-12/h1-9,19H,10-11H2,(H,22,23). The topological polar surface area (TPSA) is 49.0 Å². The van der Waals surface area contributed by atoms with Crippen molar-refractivity contribution in [3.63, 3.8) is 0 Å². The smallest absolute Gasteiger partial charge is 0.234 e. The van der Waals surface area contributed by atoms with Gasteiger partial charge in [0.2, 0.25) is 5.91 Å². The molecule has 1 aliphatic rings. The summed E-state index contributed by atoms with van der Waals surface area (Å²) < 4.78 is 27.4. The fourth-order valence-electron chi connectivity index (χ4n) is 2.93. The molecule has 132 valence electrons. The SMILES string of the molecule is O=C1CSC(c2cnc(-c3ccccc3)[nH]2)N1Cc1cc(F)ccc1F. The molecule has 4 nitrogen and oxygen atoms in total. The highest BCUT2D eigenvalue weighted by molar-refractivity contribution is 8.00. The summed E-state index contributed by atoms with van der Waals surface area (Å²) in [6, 6.07) is 12.9. The molecule has 0 radical (unpaired) electrons. The van der Waals surface area contributed by atoms with E-state index < -0.39 is 11.6 Å². The van der Waals surface area contributed by atoms with Crippen LogP contribution in [0.25, 0.3) is 11.4 Å². The Kier molecular flexibility index (Phi) is 4.46. The molecule has 3 aromatic rings. The molecule has 0 spiro atoms. The van der Waals surface area contributed by atoms with Crippen molar-refractivity contribution in [1.29, 1.82) is 0 Å². The lowest BCUT2D eigenvalue weighted by molar-refractivity contribution is -0.128. The van der Waals surface area contributed by atoms with Crippen LogP contribution in [0.15, 0.2) is 54.7 Å². The number of halogens is 2. The number of H-pyrrole nitrogens is 1. The van der Waals surface area contributed by atoms with Crippen molar-refractivity contribution < 1.29 is 13.6 Å². The van der Waals surface area contributed by atoms with Crippen LogP contribution in [0.3, 0.4) is 0 Å². The fourth-order valence-corrected chi connectivity index (χ4v) is 4.07. The summed E-state index contributed by atoms with van der Waals surface area (Å²) >= 11 is 1.44. The molecule has 1 unspecified atom stereocenters. The van der Waals surface area contributed by atoms with Crippen LogP contribution >= 0.6 is 11.8 Å². The van der Waals surface area contributed by atoms with Gasteiger partial charge in [-0.1, -0.05) is 30.3 Å². The largest absolute Gasteiger partial charge is 0.339 e.